The molecule has 0 heterocycles. The van der Waals surface area contributed by atoms with Gasteiger partial charge in [-0.3, -0.25) is 4.79 Å². The Morgan fingerprint density at radius 1 is 0.958 bits per heavy atom. The molecule has 0 unspecified atom stereocenters. The van der Waals surface area contributed by atoms with Crippen molar-refractivity contribution >= 4 is 5.78 Å². The van der Waals surface area contributed by atoms with Gasteiger partial charge in [0, 0.05) is 11.3 Å². The van der Waals surface area contributed by atoms with Crippen molar-refractivity contribution in [3.8, 4) is 0 Å². The molecular formula is C21H34O3. The van der Waals surface area contributed by atoms with Crippen LogP contribution in [0.2, 0.25) is 0 Å². The monoisotopic (exact) mass is 334 g/mol. The molecule has 24 heavy (non-hydrogen) atoms. The molecule has 8 atom stereocenters. The number of hydrogen-bond acceptors (Lipinski definition) is 3. The fourth-order valence-corrected chi connectivity index (χ4v) is 7.85. The van der Waals surface area contributed by atoms with E-state index in [9.17, 15) is 15.0 Å². The maximum Gasteiger partial charge on any atom is 0.133 e. The van der Waals surface area contributed by atoms with Crippen molar-refractivity contribution in [2.45, 2.75) is 90.3 Å². The highest BCUT2D eigenvalue weighted by atomic mass is 16.3. The maximum atomic E-state index is 12.2. The first-order chi connectivity index (χ1) is 11.2. The molecule has 4 aliphatic carbocycles. The zero-order chi connectivity index (χ0) is 17.3. The lowest BCUT2D eigenvalue weighted by molar-refractivity contribution is -0.210. The van der Waals surface area contributed by atoms with Crippen LogP contribution in [-0.4, -0.2) is 27.7 Å². The molecule has 0 bridgehead atoms. The molecule has 0 aromatic carbocycles. The number of Topliss-reactive ketones (excluding diaryl/α,β-unsaturated/α-hetero) is 1. The van der Waals surface area contributed by atoms with Crippen LogP contribution in [0.25, 0.3) is 0 Å². The standard InChI is InChI=1S/C21H34O3/c1-13(22)16-8-11-21(24)18-5-4-14-12-15(23)6-9-19(14,2)17(18)7-10-20(16,21)3/h14-18,23-24H,4-12H2,1-3H3/t14-,15+,16-,17+,18-,19+,20-,21+/m1/s1. The lowest BCUT2D eigenvalue weighted by Crippen LogP contribution is -2.62. The Hall–Kier alpha value is -0.410. The van der Waals surface area contributed by atoms with Gasteiger partial charge in [-0.2, -0.15) is 0 Å². The Morgan fingerprint density at radius 3 is 2.42 bits per heavy atom. The van der Waals surface area contributed by atoms with Crippen LogP contribution in [-0.2, 0) is 4.79 Å². The van der Waals surface area contributed by atoms with Gasteiger partial charge in [-0.05, 0) is 87.9 Å². The minimum Gasteiger partial charge on any atom is -0.393 e. The predicted molar refractivity (Wildman–Crippen MR) is 93.4 cm³/mol. The Bertz CT molecular complexity index is 545. The number of carbonyl (C=O) groups is 1. The van der Waals surface area contributed by atoms with E-state index in [1.165, 1.54) is 0 Å². The van der Waals surface area contributed by atoms with E-state index in [0.29, 0.717) is 17.8 Å². The van der Waals surface area contributed by atoms with Crippen LogP contribution in [0.3, 0.4) is 0 Å². The Morgan fingerprint density at radius 2 is 1.71 bits per heavy atom. The summed E-state index contributed by atoms with van der Waals surface area (Å²) < 4.78 is 0. The number of hydrogen-bond donors (Lipinski definition) is 2. The minimum absolute atomic E-state index is 0.0437. The van der Waals surface area contributed by atoms with Crippen molar-refractivity contribution in [3.63, 3.8) is 0 Å². The third-order valence-corrected chi connectivity index (χ3v) is 9.32. The second-order valence-electron chi connectivity index (χ2n) is 10.0. The fraction of sp³-hybridized carbons (Fsp3) is 0.952. The zero-order valence-electron chi connectivity index (χ0n) is 15.6. The van der Waals surface area contributed by atoms with Crippen LogP contribution in [0.5, 0.6) is 0 Å². The summed E-state index contributed by atoms with van der Waals surface area (Å²) in [6.07, 6.45) is 8.87. The van der Waals surface area contributed by atoms with E-state index in [4.69, 9.17) is 0 Å². The SMILES string of the molecule is CC(=O)[C@H]1CC[C@]2(O)[C@@H]3CC[C@@H]4C[C@@H](O)CC[C@]4(C)[C@H]3CC[C@]12C. The Labute approximate surface area is 146 Å². The quantitative estimate of drug-likeness (QED) is 0.768. The molecule has 4 rings (SSSR count). The molecular weight excluding hydrogens is 300 g/mol. The van der Waals surface area contributed by atoms with Crippen molar-refractivity contribution in [1.82, 2.24) is 0 Å². The van der Waals surface area contributed by atoms with Crippen LogP contribution in [0.4, 0.5) is 0 Å². The van der Waals surface area contributed by atoms with Crippen molar-refractivity contribution in [3.05, 3.63) is 0 Å². The van der Waals surface area contributed by atoms with Gasteiger partial charge in [0.15, 0.2) is 0 Å². The van der Waals surface area contributed by atoms with Gasteiger partial charge >= 0.3 is 0 Å². The summed E-state index contributed by atoms with van der Waals surface area (Å²) in [6.45, 7) is 6.35. The molecule has 0 saturated heterocycles. The van der Waals surface area contributed by atoms with E-state index in [-0.39, 0.29) is 28.6 Å². The molecule has 2 N–H and O–H groups in total. The molecule has 0 spiro atoms. The number of fused-ring (bicyclic) bond motifs is 5. The summed E-state index contributed by atoms with van der Waals surface area (Å²) in [5.41, 5.74) is -0.610. The van der Waals surface area contributed by atoms with Gasteiger partial charge < -0.3 is 10.2 Å². The highest BCUT2D eigenvalue weighted by Gasteiger charge is 2.67. The Kier molecular flexibility index (Phi) is 3.76. The second kappa shape index (κ2) is 5.30. The van der Waals surface area contributed by atoms with Crippen LogP contribution in [0.15, 0.2) is 0 Å². The maximum absolute atomic E-state index is 12.2. The summed E-state index contributed by atoms with van der Waals surface area (Å²) in [7, 11) is 0. The number of carbonyl (C=O) groups excluding carboxylic acids is 1. The first kappa shape index (κ1) is 17.0. The van der Waals surface area contributed by atoms with Gasteiger partial charge in [0.25, 0.3) is 0 Å². The van der Waals surface area contributed by atoms with Gasteiger partial charge in [0.05, 0.1) is 11.7 Å². The van der Waals surface area contributed by atoms with Crippen molar-refractivity contribution in [2.75, 3.05) is 0 Å². The smallest absolute Gasteiger partial charge is 0.133 e. The summed E-state index contributed by atoms with van der Waals surface area (Å²) in [5.74, 6) is 1.83. The second-order valence-corrected chi connectivity index (χ2v) is 10.0. The third kappa shape index (κ3) is 2.00. The van der Waals surface area contributed by atoms with Gasteiger partial charge in [-0.15, -0.1) is 0 Å². The van der Waals surface area contributed by atoms with Crippen LogP contribution >= 0.6 is 0 Å². The van der Waals surface area contributed by atoms with E-state index in [0.717, 1.165) is 57.8 Å². The van der Waals surface area contributed by atoms with Gasteiger partial charge in [-0.25, -0.2) is 0 Å². The first-order valence-corrected chi connectivity index (χ1v) is 10.1. The molecule has 3 nitrogen and oxygen atoms in total. The molecule has 0 radical (unpaired) electrons. The highest BCUT2D eigenvalue weighted by Crippen LogP contribution is 2.69. The van der Waals surface area contributed by atoms with Crippen LogP contribution < -0.4 is 0 Å². The van der Waals surface area contributed by atoms with Crippen LogP contribution in [0.1, 0.15) is 78.6 Å². The summed E-state index contributed by atoms with van der Waals surface area (Å²) in [4.78, 5) is 12.2. The Balaban J connectivity index is 1.68. The third-order valence-electron chi connectivity index (χ3n) is 9.32. The first-order valence-electron chi connectivity index (χ1n) is 10.1. The molecule has 4 aliphatic rings. The number of rotatable bonds is 1. The van der Waals surface area contributed by atoms with Crippen molar-refractivity contribution < 1.29 is 15.0 Å². The summed E-state index contributed by atoms with van der Waals surface area (Å²) >= 11 is 0. The molecule has 0 aromatic rings. The van der Waals surface area contributed by atoms with Gasteiger partial charge in [0.2, 0.25) is 0 Å². The lowest BCUT2D eigenvalue weighted by atomic mass is 9.43. The highest BCUT2D eigenvalue weighted by molar-refractivity contribution is 5.80. The molecule has 136 valence electrons. The van der Waals surface area contributed by atoms with Crippen molar-refractivity contribution in [2.24, 2.45) is 34.5 Å². The van der Waals surface area contributed by atoms with Gasteiger partial charge in [0.1, 0.15) is 5.78 Å². The zero-order valence-corrected chi connectivity index (χ0v) is 15.6. The summed E-state index contributed by atoms with van der Waals surface area (Å²) in [5, 5.41) is 21.9. The molecule has 3 heteroatoms. The van der Waals surface area contributed by atoms with E-state index >= 15 is 0 Å². The number of aliphatic hydroxyl groups excluding tert-OH is 1. The van der Waals surface area contributed by atoms with Gasteiger partial charge in [-0.1, -0.05) is 13.8 Å². The molecule has 4 fully saturated rings. The van der Waals surface area contributed by atoms with Crippen molar-refractivity contribution in [1.29, 1.82) is 0 Å². The molecule has 0 aromatic heterocycles. The lowest BCUT2D eigenvalue weighted by Gasteiger charge is -2.63. The molecule has 4 saturated carbocycles. The minimum atomic E-state index is -0.656. The number of ketones is 1. The van der Waals surface area contributed by atoms with E-state index in [2.05, 4.69) is 13.8 Å². The van der Waals surface area contributed by atoms with E-state index < -0.39 is 5.60 Å². The van der Waals surface area contributed by atoms with E-state index in [1.54, 1.807) is 6.92 Å². The largest absolute Gasteiger partial charge is 0.393 e. The van der Waals surface area contributed by atoms with Crippen LogP contribution in [0, 0.1) is 34.5 Å². The molecule has 0 aliphatic heterocycles. The number of aliphatic hydroxyl groups is 2. The fourth-order valence-electron chi connectivity index (χ4n) is 7.85. The average molecular weight is 335 g/mol. The summed E-state index contributed by atoms with van der Waals surface area (Å²) in [6, 6.07) is 0. The predicted octanol–water partition coefficient (Wildman–Crippen LogP) is 3.71. The average Bonchev–Trinajstić information content (AvgIpc) is 2.80. The van der Waals surface area contributed by atoms with E-state index in [1.807, 2.05) is 0 Å². The molecule has 0 amide bonds. The normalized spacial score (nSPS) is 57.0. The topological polar surface area (TPSA) is 57.5 Å².